The third-order valence-electron chi connectivity index (χ3n) is 4.11. The number of fused-ring (bicyclic) bond motifs is 1. The average Bonchev–Trinajstić information content (AvgIpc) is 2.96. The fraction of sp³-hybridized carbons (Fsp3) is 0.222. The molecule has 0 amide bonds. The Morgan fingerprint density at radius 2 is 2.00 bits per heavy atom. The molecule has 2 heterocycles. The van der Waals surface area contributed by atoms with Gasteiger partial charge in [-0.3, -0.25) is 4.98 Å². The lowest BCUT2D eigenvalue weighted by atomic mass is 9.99. The first kappa shape index (κ1) is 17.7. The Morgan fingerprint density at radius 3 is 2.68 bits per heavy atom. The highest BCUT2D eigenvalue weighted by atomic mass is 35.5. The second-order valence-electron chi connectivity index (χ2n) is 5.71. The van der Waals surface area contributed by atoms with Crippen molar-refractivity contribution in [3.05, 3.63) is 51.6 Å². The minimum absolute atomic E-state index is 0.205. The van der Waals surface area contributed by atoms with E-state index in [-0.39, 0.29) is 5.56 Å². The van der Waals surface area contributed by atoms with Crippen LogP contribution in [0.2, 0.25) is 10.0 Å². The molecule has 4 N–H and O–H groups in total. The summed E-state index contributed by atoms with van der Waals surface area (Å²) in [4.78, 5) is 19.3. The summed E-state index contributed by atoms with van der Waals surface area (Å²) in [6.07, 6.45) is 3.97. The van der Waals surface area contributed by atoms with Crippen LogP contribution in [0.5, 0.6) is 0 Å². The second-order valence-corrected chi connectivity index (χ2v) is 6.52. The summed E-state index contributed by atoms with van der Waals surface area (Å²) in [5.74, 6) is -1.00. The smallest absolute Gasteiger partial charge is 0.336 e. The predicted octanol–water partition coefficient (Wildman–Crippen LogP) is 4.52. The van der Waals surface area contributed by atoms with Crippen molar-refractivity contribution in [2.45, 2.75) is 19.3 Å². The molecule has 5 nitrogen and oxygen atoms in total. The molecule has 0 unspecified atom stereocenters. The fourth-order valence-electron chi connectivity index (χ4n) is 2.98. The Morgan fingerprint density at radius 1 is 1.20 bits per heavy atom. The van der Waals surface area contributed by atoms with Gasteiger partial charge < -0.3 is 15.8 Å². The van der Waals surface area contributed by atoms with E-state index in [4.69, 9.17) is 28.9 Å². The largest absolute Gasteiger partial charge is 0.478 e. The van der Waals surface area contributed by atoms with Crippen LogP contribution in [0.3, 0.4) is 0 Å². The quantitative estimate of drug-likeness (QED) is 0.550. The van der Waals surface area contributed by atoms with Gasteiger partial charge >= 0.3 is 5.97 Å². The van der Waals surface area contributed by atoms with Gasteiger partial charge in [-0.2, -0.15) is 0 Å². The normalized spacial score (nSPS) is 11.2. The van der Waals surface area contributed by atoms with E-state index >= 15 is 0 Å². The van der Waals surface area contributed by atoms with Crippen LogP contribution in [0.4, 0.5) is 0 Å². The predicted molar refractivity (Wildman–Crippen MR) is 101 cm³/mol. The minimum atomic E-state index is -1.00. The van der Waals surface area contributed by atoms with Crippen molar-refractivity contribution >= 4 is 40.1 Å². The van der Waals surface area contributed by atoms with Crippen molar-refractivity contribution in [1.29, 1.82) is 0 Å². The Bertz CT molecular complexity index is 937. The van der Waals surface area contributed by atoms with E-state index in [9.17, 15) is 9.90 Å². The number of carboxylic acid groups (broad SMARTS) is 1. The summed E-state index contributed by atoms with van der Waals surface area (Å²) in [5.41, 5.74) is 8.52. The lowest BCUT2D eigenvalue weighted by Gasteiger charge is -2.07. The Kier molecular flexibility index (Phi) is 5.27. The monoisotopic (exact) mass is 377 g/mol. The summed E-state index contributed by atoms with van der Waals surface area (Å²) in [6.45, 7) is 0.578. The Balaban J connectivity index is 2.30. The number of pyridine rings is 1. The number of carbonyl (C=O) groups is 1. The van der Waals surface area contributed by atoms with Crippen molar-refractivity contribution in [3.63, 3.8) is 0 Å². The molecule has 0 aliphatic heterocycles. The van der Waals surface area contributed by atoms with E-state index in [0.29, 0.717) is 45.3 Å². The zero-order chi connectivity index (χ0) is 18.0. The van der Waals surface area contributed by atoms with E-state index in [0.717, 1.165) is 18.4 Å². The van der Waals surface area contributed by atoms with Crippen molar-refractivity contribution < 1.29 is 9.90 Å². The van der Waals surface area contributed by atoms with Gasteiger partial charge in [-0.1, -0.05) is 23.2 Å². The highest BCUT2D eigenvalue weighted by molar-refractivity contribution is 6.36. The van der Waals surface area contributed by atoms with Gasteiger partial charge in [-0.25, -0.2) is 4.79 Å². The van der Waals surface area contributed by atoms with Crippen molar-refractivity contribution in [2.24, 2.45) is 5.73 Å². The Labute approximate surface area is 154 Å². The lowest BCUT2D eigenvalue weighted by Crippen LogP contribution is -2.01. The van der Waals surface area contributed by atoms with Gasteiger partial charge in [0.15, 0.2) is 0 Å². The van der Waals surface area contributed by atoms with Crippen LogP contribution in [-0.2, 0) is 6.42 Å². The number of aromatic amines is 1. The standard InChI is InChI=1S/C18H17Cl2N3O2/c19-12-5-3-9-22-17(12)15-10(4-1-2-8-21)14-11(18(24)25)6-7-13(20)16(14)23-15/h3,5-7,9,23H,1-2,4,8,21H2,(H,24,25). The molecule has 130 valence electrons. The zero-order valence-corrected chi connectivity index (χ0v) is 14.9. The lowest BCUT2D eigenvalue weighted by molar-refractivity contribution is 0.0699. The van der Waals surface area contributed by atoms with Crippen LogP contribution < -0.4 is 5.73 Å². The van der Waals surface area contributed by atoms with Crippen LogP contribution in [0, 0.1) is 0 Å². The van der Waals surface area contributed by atoms with E-state index in [1.54, 1.807) is 24.4 Å². The van der Waals surface area contributed by atoms with Gasteiger partial charge in [-0.05, 0) is 55.6 Å². The number of nitrogens with two attached hydrogens (primary N) is 1. The molecule has 0 bridgehead atoms. The van der Waals surface area contributed by atoms with Gasteiger partial charge in [-0.15, -0.1) is 0 Å². The average molecular weight is 378 g/mol. The molecule has 3 rings (SSSR count). The highest BCUT2D eigenvalue weighted by Crippen LogP contribution is 2.38. The number of aryl methyl sites for hydroxylation is 1. The fourth-order valence-corrected chi connectivity index (χ4v) is 3.41. The molecular formula is C18H17Cl2N3O2. The van der Waals surface area contributed by atoms with Crippen LogP contribution in [0.15, 0.2) is 30.5 Å². The summed E-state index contributed by atoms with van der Waals surface area (Å²) in [7, 11) is 0. The number of benzene rings is 1. The van der Waals surface area contributed by atoms with E-state index in [1.165, 1.54) is 6.07 Å². The topological polar surface area (TPSA) is 92.0 Å². The van der Waals surface area contributed by atoms with E-state index < -0.39 is 5.97 Å². The number of unbranched alkanes of at least 4 members (excludes halogenated alkanes) is 1. The van der Waals surface area contributed by atoms with Gasteiger partial charge in [0.1, 0.15) is 5.69 Å². The minimum Gasteiger partial charge on any atom is -0.478 e. The molecule has 0 saturated carbocycles. The molecule has 0 saturated heterocycles. The molecule has 2 aromatic heterocycles. The van der Waals surface area contributed by atoms with Gasteiger partial charge in [0.25, 0.3) is 0 Å². The molecule has 0 radical (unpaired) electrons. The summed E-state index contributed by atoms with van der Waals surface area (Å²) in [5, 5.41) is 11.1. The highest BCUT2D eigenvalue weighted by Gasteiger charge is 2.22. The molecule has 0 aliphatic carbocycles. The molecule has 3 aromatic rings. The first-order valence-corrected chi connectivity index (χ1v) is 8.67. The van der Waals surface area contributed by atoms with Crippen LogP contribution >= 0.6 is 23.2 Å². The number of hydrogen-bond acceptors (Lipinski definition) is 3. The second kappa shape index (κ2) is 7.44. The number of aromatic carboxylic acids is 1. The van der Waals surface area contributed by atoms with Crippen LogP contribution in [0.25, 0.3) is 22.3 Å². The summed E-state index contributed by atoms with van der Waals surface area (Å²) >= 11 is 12.6. The van der Waals surface area contributed by atoms with Crippen molar-refractivity contribution in [2.75, 3.05) is 6.54 Å². The molecular weight excluding hydrogens is 361 g/mol. The van der Waals surface area contributed by atoms with Crippen LogP contribution in [0.1, 0.15) is 28.8 Å². The molecule has 0 atom stereocenters. The number of aromatic nitrogens is 2. The molecule has 0 aliphatic rings. The number of rotatable bonds is 6. The maximum Gasteiger partial charge on any atom is 0.336 e. The first-order valence-electron chi connectivity index (χ1n) is 7.92. The number of carboxylic acids is 1. The van der Waals surface area contributed by atoms with E-state index in [2.05, 4.69) is 9.97 Å². The maximum atomic E-state index is 11.7. The molecule has 25 heavy (non-hydrogen) atoms. The Hall–Kier alpha value is -2.08. The zero-order valence-electron chi connectivity index (χ0n) is 13.4. The van der Waals surface area contributed by atoms with Crippen molar-refractivity contribution in [3.8, 4) is 11.4 Å². The molecule has 0 fully saturated rings. The molecule has 7 heteroatoms. The van der Waals surface area contributed by atoms with Crippen molar-refractivity contribution in [1.82, 2.24) is 9.97 Å². The number of hydrogen-bond donors (Lipinski definition) is 3. The number of nitrogens with zero attached hydrogens (tertiary/aromatic N) is 1. The van der Waals surface area contributed by atoms with Crippen LogP contribution in [-0.4, -0.2) is 27.6 Å². The summed E-state index contributed by atoms with van der Waals surface area (Å²) < 4.78 is 0. The molecule has 1 aromatic carbocycles. The van der Waals surface area contributed by atoms with Gasteiger partial charge in [0.2, 0.25) is 0 Å². The number of H-pyrrole nitrogens is 1. The summed E-state index contributed by atoms with van der Waals surface area (Å²) in [6, 6.07) is 6.60. The maximum absolute atomic E-state index is 11.7. The third-order valence-corrected chi connectivity index (χ3v) is 4.73. The number of halogens is 2. The van der Waals surface area contributed by atoms with Gasteiger partial charge in [0, 0.05) is 11.6 Å². The third kappa shape index (κ3) is 3.35. The first-order chi connectivity index (χ1) is 12.0. The van der Waals surface area contributed by atoms with Gasteiger partial charge in [0.05, 0.1) is 26.8 Å². The van der Waals surface area contributed by atoms with E-state index in [1.807, 2.05) is 0 Å². The SMILES string of the molecule is NCCCCc1c(-c2ncccc2Cl)[nH]c2c(Cl)ccc(C(=O)O)c12. The number of nitrogens with one attached hydrogen (secondary N) is 1. The molecule has 0 spiro atoms.